The molecule has 0 aliphatic heterocycles. The van der Waals surface area contributed by atoms with E-state index < -0.39 is 0 Å². The van der Waals surface area contributed by atoms with Crippen LogP contribution in [-0.4, -0.2) is 23.1 Å². The second-order valence-electron chi connectivity index (χ2n) is 5.62. The first kappa shape index (κ1) is 16.4. The fourth-order valence-corrected chi connectivity index (χ4v) is 3.85. The molecule has 3 rings (SSSR count). The van der Waals surface area contributed by atoms with Crippen molar-refractivity contribution >= 4 is 32.4 Å². The van der Waals surface area contributed by atoms with Crippen LogP contribution in [0.5, 0.6) is 0 Å². The van der Waals surface area contributed by atoms with E-state index in [-0.39, 0.29) is 0 Å². The summed E-state index contributed by atoms with van der Waals surface area (Å²) in [6.07, 6.45) is 0.704. The zero-order valence-corrected chi connectivity index (χ0v) is 15.0. The maximum Gasteiger partial charge on any atom is 0.246 e. The molecule has 122 valence electrons. The lowest BCUT2D eigenvalue weighted by molar-refractivity contribution is 0.837. The third-order valence-corrected chi connectivity index (χ3v) is 5.24. The Hall–Kier alpha value is -2.45. The van der Waals surface area contributed by atoms with E-state index in [9.17, 15) is 0 Å². The van der Waals surface area contributed by atoms with Gasteiger partial charge in [0.1, 0.15) is 16.5 Å². The second-order valence-corrected chi connectivity index (χ2v) is 6.60. The molecule has 2 heterocycles. The molecule has 0 N–H and O–H groups in total. The second kappa shape index (κ2) is 6.98. The fourth-order valence-electron chi connectivity index (χ4n) is 2.87. The molecule has 0 aliphatic rings. The van der Waals surface area contributed by atoms with Gasteiger partial charge in [0.15, 0.2) is 0 Å². The minimum Gasteiger partial charge on any atom is -0.357 e. The van der Waals surface area contributed by atoms with E-state index in [4.69, 9.17) is 16.5 Å². The Kier molecular flexibility index (Phi) is 4.77. The van der Waals surface area contributed by atoms with E-state index in [1.807, 2.05) is 25.1 Å². The number of hydrogen-bond donors (Lipinski definition) is 0. The Morgan fingerprint density at radius 1 is 1.12 bits per heavy atom. The Balaban J connectivity index is 2.17. The quantitative estimate of drug-likeness (QED) is 0.616. The lowest BCUT2D eigenvalue weighted by Gasteiger charge is -2.21. The highest BCUT2D eigenvalue weighted by molar-refractivity contribution is 7.22. The van der Waals surface area contributed by atoms with Gasteiger partial charge in [-0.05, 0) is 31.9 Å². The summed E-state index contributed by atoms with van der Waals surface area (Å²) in [5.41, 5.74) is 2.19. The van der Waals surface area contributed by atoms with Crippen molar-refractivity contribution in [3.05, 3.63) is 58.7 Å². The van der Waals surface area contributed by atoms with E-state index in [2.05, 4.69) is 35.7 Å². The van der Waals surface area contributed by atoms with Crippen LogP contribution in [0.15, 0.2) is 30.3 Å². The molecular weight excluding hydrogens is 316 g/mol. The van der Waals surface area contributed by atoms with Crippen LogP contribution in [0.1, 0.15) is 30.8 Å². The lowest BCUT2D eigenvalue weighted by Crippen LogP contribution is -2.24. The molecule has 0 unspecified atom stereocenters. The highest BCUT2D eigenvalue weighted by Gasteiger charge is 2.19. The normalized spacial score (nSPS) is 10.8. The van der Waals surface area contributed by atoms with E-state index in [1.165, 1.54) is 16.9 Å². The molecule has 0 saturated heterocycles. The monoisotopic (exact) mass is 336 g/mol. The molecule has 0 radical (unpaired) electrons. The average Bonchev–Trinajstić information content (AvgIpc) is 2.93. The first-order chi connectivity index (χ1) is 11.7. The van der Waals surface area contributed by atoms with Crippen LogP contribution in [0, 0.1) is 13.5 Å². The summed E-state index contributed by atoms with van der Waals surface area (Å²) in [7, 11) is 0. The van der Waals surface area contributed by atoms with Gasteiger partial charge in [0.25, 0.3) is 0 Å². The van der Waals surface area contributed by atoms with Crippen molar-refractivity contribution in [3.63, 3.8) is 0 Å². The maximum atomic E-state index is 7.39. The molecule has 0 aliphatic carbocycles. The topological polar surface area (TPSA) is 33.4 Å². The zero-order valence-electron chi connectivity index (χ0n) is 14.2. The Morgan fingerprint density at radius 3 is 2.46 bits per heavy atom. The molecule has 1 aromatic carbocycles. The van der Waals surface area contributed by atoms with Gasteiger partial charge in [0.2, 0.25) is 5.00 Å². The predicted octanol–water partition coefficient (Wildman–Crippen LogP) is 4.99. The molecule has 0 atom stereocenters. The minimum atomic E-state index is 0.704. The smallest absolute Gasteiger partial charge is 0.246 e. The standard InChI is InChI=1S/C19H20N4S/c1-5-23(6-2)17-16-13(3)18(20-4)24-19(16)22-15(21-17)12-14-10-8-7-9-11-14/h7-11H,5-6,12H2,1-3H3. The minimum absolute atomic E-state index is 0.704. The van der Waals surface area contributed by atoms with Crippen molar-refractivity contribution in [2.24, 2.45) is 0 Å². The summed E-state index contributed by atoms with van der Waals surface area (Å²) in [4.78, 5) is 16.4. The highest BCUT2D eigenvalue weighted by Crippen LogP contribution is 2.40. The number of thiophene rings is 1. The molecule has 0 fully saturated rings. The molecule has 24 heavy (non-hydrogen) atoms. The van der Waals surface area contributed by atoms with Gasteiger partial charge in [0, 0.05) is 24.9 Å². The molecule has 4 nitrogen and oxygen atoms in total. The molecule has 0 spiro atoms. The van der Waals surface area contributed by atoms with Crippen LogP contribution in [0.25, 0.3) is 15.1 Å². The van der Waals surface area contributed by atoms with Crippen molar-refractivity contribution in [3.8, 4) is 0 Å². The van der Waals surface area contributed by atoms with Gasteiger partial charge in [-0.3, -0.25) is 0 Å². The Morgan fingerprint density at radius 2 is 1.83 bits per heavy atom. The van der Waals surface area contributed by atoms with Gasteiger partial charge in [0.05, 0.1) is 6.57 Å². The summed E-state index contributed by atoms with van der Waals surface area (Å²) < 4.78 is 0. The fraction of sp³-hybridized carbons (Fsp3) is 0.316. The van der Waals surface area contributed by atoms with Crippen LogP contribution in [0.3, 0.4) is 0 Å². The van der Waals surface area contributed by atoms with E-state index in [0.717, 1.165) is 40.5 Å². The molecule has 5 heteroatoms. The van der Waals surface area contributed by atoms with Crippen molar-refractivity contribution in [1.82, 2.24) is 9.97 Å². The summed E-state index contributed by atoms with van der Waals surface area (Å²) in [6, 6.07) is 10.3. The first-order valence-electron chi connectivity index (χ1n) is 8.14. The molecule has 0 amide bonds. The van der Waals surface area contributed by atoms with Gasteiger partial charge in [-0.15, -0.1) is 11.3 Å². The molecular formula is C19H20N4S. The number of hydrogen-bond acceptors (Lipinski definition) is 4. The van der Waals surface area contributed by atoms with E-state index in [1.54, 1.807) is 0 Å². The lowest BCUT2D eigenvalue weighted by atomic mass is 10.1. The molecule has 0 bridgehead atoms. The van der Waals surface area contributed by atoms with Crippen LogP contribution in [0.2, 0.25) is 0 Å². The highest BCUT2D eigenvalue weighted by atomic mass is 32.1. The van der Waals surface area contributed by atoms with Gasteiger partial charge >= 0.3 is 0 Å². The number of nitrogens with zero attached hydrogens (tertiary/aromatic N) is 4. The van der Waals surface area contributed by atoms with E-state index in [0.29, 0.717) is 11.4 Å². The number of aromatic nitrogens is 2. The van der Waals surface area contributed by atoms with Gasteiger partial charge in [-0.1, -0.05) is 30.3 Å². The molecule has 0 saturated carbocycles. The van der Waals surface area contributed by atoms with Crippen LogP contribution in [-0.2, 0) is 6.42 Å². The van der Waals surface area contributed by atoms with Gasteiger partial charge in [-0.2, -0.15) is 0 Å². The predicted molar refractivity (Wildman–Crippen MR) is 101 cm³/mol. The zero-order chi connectivity index (χ0) is 17.1. The summed E-state index contributed by atoms with van der Waals surface area (Å²) in [6.45, 7) is 15.4. The largest absolute Gasteiger partial charge is 0.357 e. The van der Waals surface area contributed by atoms with Crippen molar-refractivity contribution in [2.75, 3.05) is 18.0 Å². The SMILES string of the molecule is [C-]#[N+]c1sc2nc(Cc3ccccc3)nc(N(CC)CC)c2c1C. The third-order valence-electron chi connectivity index (χ3n) is 4.16. The number of aryl methyl sites for hydroxylation is 1. The first-order valence-corrected chi connectivity index (χ1v) is 8.95. The average molecular weight is 336 g/mol. The Bertz CT molecular complexity index is 889. The van der Waals surface area contributed by atoms with Gasteiger partial charge in [-0.25, -0.2) is 14.8 Å². The van der Waals surface area contributed by atoms with E-state index >= 15 is 0 Å². The number of benzene rings is 1. The maximum absolute atomic E-state index is 7.39. The van der Waals surface area contributed by atoms with Crippen LogP contribution < -0.4 is 4.90 Å². The summed E-state index contributed by atoms with van der Waals surface area (Å²) >= 11 is 1.47. The number of anilines is 1. The third kappa shape index (κ3) is 2.98. The van der Waals surface area contributed by atoms with Crippen LogP contribution >= 0.6 is 11.3 Å². The number of rotatable bonds is 5. The van der Waals surface area contributed by atoms with Crippen molar-refractivity contribution < 1.29 is 0 Å². The van der Waals surface area contributed by atoms with Crippen molar-refractivity contribution in [2.45, 2.75) is 27.2 Å². The summed E-state index contributed by atoms with van der Waals surface area (Å²) in [5, 5.41) is 1.75. The van der Waals surface area contributed by atoms with Gasteiger partial charge < -0.3 is 4.90 Å². The number of fused-ring (bicyclic) bond motifs is 1. The van der Waals surface area contributed by atoms with Crippen molar-refractivity contribution in [1.29, 1.82) is 0 Å². The molecule has 2 aromatic heterocycles. The Labute approximate surface area is 146 Å². The molecule has 3 aromatic rings. The van der Waals surface area contributed by atoms with Crippen LogP contribution in [0.4, 0.5) is 10.8 Å². The summed E-state index contributed by atoms with van der Waals surface area (Å²) in [5.74, 6) is 1.77.